The highest BCUT2D eigenvalue weighted by Gasteiger charge is 2.22. The van der Waals surface area contributed by atoms with E-state index >= 15 is 0 Å². The summed E-state index contributed by atoms with van der Waals surface area (Å²) in [4.78, 5) is 68.1. The lowest BCUT2D eigenvalue weighted by Gasteiger charge is -2.29. The van der Waals surface area contributed by atoms with Crippen molar-refractivity contribution in [3.63, 3.8) is 0 Å². The summed E-state index contributed by atoms with van der Waals surface area (Å²) in [6, 6.07) is 11.4. The first kappa shape index (κ1) is 46.9. The van der Waals surface area contributed by atoms with Crippen LogP contribution in [-0.2, 0) is 26.2 Å². The van der Waals surface area contributed by atoms with E-state index in [0.717, 1.165) is 31.2 Å². The van der Waals surface area contributed by atoms with Gasteiger partial charge in [-0.25, -0.2) is 0 Å². The van der Waals surface area contributed by atoms with Gasteiger partial charge < -0.3 is 55.5 Å². The number of nitrogens with one attached hydrogen (secondary N) is 4. The third-order valence-electron chi connectivity index (χ3n) is 9.66. The molecule has 7 N–H and O–H groups in total. The first-order valence-electron chi connectivity index (χ1n) is 20.3. The molecule has 326 valence electrons. The largest absolute Gasteiger partial charge is 0.490 e. The molecule has 1 aromatic heterocycles. The molecule has 5 amide bonds. The summed E-state index contributed by atoms with van der Waals surface area (Å²) >= 11 is 0. The van der Waals surface area contributed by atoms with E-state index in [1.807, 2.05) is 20.8 Å². The van der Waals surface area contributed by atoms with Crippen LogP contribution in [0.2, 0.25) is 0 Å². The predicted octanol–water partition coefficient (Wildman–Crippen LogP) is 4.07. The fraction of sp³-hybridized carbons (Fsp3) is 0.488. The number of hydrogen-bond acceptors (Lipinski definition) is 11. The third-order valence-corrected chi connectivity index (χ3v) is 9.66. The average molecular weight is 834 g/mol. The van der Waals surface area contributed by atoms with E-state index in [1.165, 1.54) is 0 Å². The van der Waals surface area contributed by atoms with Crippen molar-refractivity contribution < 1.29 is 48.8 Å². The Hall–Kier alpha value is -5.78. The van der Waals surface area contributed by atoms with E-state index in [-0.39, 0.29) is 75.3 Å². The van der Waals surface area contributed by atoms with Gasteiger partial charge in [0.1, 0.15) is 11.8 Å². The zero-order chi connectivity index (χ0) is 43.6. The minimum Gasteiger partial charge on any atom is -0.490 e. The summed E-state index contributed by atoms with van der Waals surface area (Å²) in [5.41, 5.74) is 3.05. The normalized spacial score (nSPS) is 15.0. The Labute approximate surface area is 350 Å². The molecule has 3 unspecified atom stereocenters. The van der Waals surface area contributed by atoms with Crippen LogP contribution in [0.3, 0.4) is 0 Å². The second-order valence-corrected chi connectivity index (χ2v) is 15.3. The number of rotatable bonds is 23. The van der Waals surface area contributed by atoms with Crippen molar-refractivity contribution in [3.05, 3.63) is 59.9 Å². The standard InChI is InChI=1S/C43H59N7O10/c1-28(2)18-41(56)45-24-42(57)46-30-10-12-31(13-11-30)48-43(58)37-20-32(25-49(37)4)47-40(55)9-7-17-59-38-22-36(44-23-33-8-5-6-15-50(33)27-53)29(3)19-39(38)60-35(26-52)21-34(54)14-16-51/h10-13,19-20,22-23,25,27-28,33-35,51-52,54H,5-9,14-18,21,24,26H2,1-4H3,(H,45,56)(H,46,57)(H,47,55)(H,48,58). The van der Waals surface area contributed by atoms with Crippen molar-refractivity contribution in [2.24, 2.45) is 18.0 Å². The molecular formula is C43H59N7O10. The number of aliphatic imine (C=N–C) groups is 1. The van der Waals surface area contributed by atoms with Gasteiger partial charge in [0.25, 0.3) is 5.91 Å². The minimum absolute atomic E-state index is 0.0817. The molecule has 1 saturated heterocycles. The highest BCUT2D eigenvalue weighted by molar-refractivity contribution is 6.05. The Morgan fingerprint density at radius 2 is 1.67 bits per heavy atom. The van der Waals surface area contributed by atoms with Gasteiger partial charge in [-0.3, -0.25) is 29.0 Å². The number of hydrogen-bond donors (Lipinski definition) is 7. The molecule has 4 rings (SSSR count). The molecule has 1 aliphatic heterocycles. The molecule has 1 aliphatic rings. The van der Waals surface area contributed by atoms with Crippen molar-refractivity contribution in [1.82, 2.24) is 14.8 Å². The zero-order valence-corrected chi connectivity index (χ0v) is 34.8. The van der Waals surface area contributed by atoms with Crippen LogP contribution >= 0.6 is 0 Å². The van der Waals surface area contributed by atoms with E-state index in [9.17, 15) is 39.3 Å². The smallest absolute Gasteiger partial charge is 0.272 e. The van der Waals surface area contributed by atoms with Crippen LogP contribution in [0.15, 0.2) is 53.7 Å². The SMILES string of the molecule is Cc1cc(OC(CO)CC(O)CCO)c(OCCCC(=O)Nc2cc(C(=O)Nc3ccc(NC(=O)CNC(=O)CC(C)C)cc3)n(C)c2)cc1N=CC1CCCCN1C=O. The van der Waals surface area contributed by atoms with Gasteiger partial charge in [-0.15, -0.1) is 0 Å². The Kier molecular flexibility index (Phi) is 18.5. The summed E-state index contributed by atoms with van der Waals surface area (Å²) in [7, 11) is 1.68. The molecule has 0 aliphatic carbocycles. The number of aryl methyl sites for hydroxylation is 2. The lowest BCUT2D eigenvalue weighted by molar-refractivity contribution is -0.124. The number of piperidine rings is 1. The molecular weight excluding hydrogens is 775 g/mol. The second kappa shape index (κ2) is 23.7. The Morgan fingerprint density at radius 3 is 2.35 bits per heavy atom. The van der Waals surface area contributed by atoms with E-state index in [4.69, 9.17) is 9.47 Å². The van der Waals surface area contributed by atoms with Crippen molar-refractivity contribution in [3.8, 4) is 11.5 Å². The Balaban J connectivity index is 1.32. The number of ether oxygens (including phenoxy) is 2. The van der Waals surface area contributed by atoms with Crippen LogP contribution in [0.4, 0.5) is 22.7 Å². The lowest BCUT2D eigenvalue weighted by Crippen LogP contribution is -2.39. The van der Waals surface area contributed by atoms with Crippen LogP contribution in [-0.4, -0.2) is 112 Å². The zero-order valence-electron chi connectivity index (χ0n) is 34.8. The van der Waals surface area contributed by atoms with Crippen LogP contribution in [0.25, 0.3) is 0 Å². The summed E-state index contributed by atoms with van der Waals surface area (Å²) < 4.78 is 13.8. The number of benzene rings is 2. The van der Waals surface area contributed by atoms with Crippen molar-refractivity contribution >= 4 is 59.0 Å². The highest BCUT2D eigenvalue weighted by Crippen LogP contribution is 2.36. The van der Waals surface area contributed by atoms with Crippen LogP contribution in [0, 0.1) is 12.8 Å². The van der Waals surface area contributed by atoms with Gasteiger partial charge in [-0.05, 0) is 86.9 Å². The molecule has 0 bridgehead atoms. The monoisotopic (exact) mass is 833 g/mol. The molecule has 1 fully saturated rings. The van der Waals surface area contributed by atoms with Crippen molar-refractivity contribution in [2.75, 3.05) is 48.9 Å². The van der Waals surface area contributed by atoms with Gasteiger partial charge in [-0.1, -0.05) is 13.8 Å². The molecule has 0 spiro atoms. The van der Waals surface area contributed by atoms with E-state index in [2.05, 4.69) is 26.3 Å². The predicted molar refractivity (Wildman–Crippen MR) is 228 cm³/mol. The highest BCUT2D eigenvalue weighted by atomic mass is 16.5. The van der Waals surface area contributed by atoms with Crippen molar-refractivity contribution in [1.29, 1.82) is 0 Å². The average Bonchev–Trinajstić information content (AvgIpc) is 3.58. The maximum atomic E-state index is 13.1. The summed E-state index contributed by atoms with van der Waals surface area (Å²) in [6.45, 7) is 5.73. The van der Waals surface area contributed by atoms with Crippen molar-refractivity contribution in [2.45, 2.75) is 90.4 Å². The molecule has 17 nitrogen and oxygen atoms in total. The van der Waals surface area contributed by atoms with E-state index in [0.29, 0.717) is 59.3 Å². The van der Waals surface area contributed by atoms with Gasteiger partial charge in [-0.2, -0.15) is 0 Å². The number of aliphatic hydroxyl groups is 3. The number of carbonyl (C=O) groups is 5. The summed E-state index contributed by atoms with van der Waals surface area (Å²) in [6.07, 6.45) is 6.25. The minimum atomic E-state index is -0.881. The van der Waals surface area contributed by atoms with Gasteiger partial charge >= 0.3 is 0 Å². The number of anilines is 3. The Morgan fingerprint density at radius 1 is 0.950 bits per heavy atom. The lowest BCUT2D eigenvalue weighted by atomic mass is 10.0. The quantitative estimate of drug-likeness (QED) is 0.0411. The van der Waals surface area contributed by atoms with Gasteiger partial charge in [0, 0.05) is 69.3 Å². The molecule has 60 heavy (non-hydrogen) atoms. The first-order chi connectivity index (χ1) is 28.8. The molecule has 3 atom stereocenters. The van der Waals surface area contributed by atoms with Crippen LogP contribution in [0.1, 0.15) is 81.3 Å². The number of nitrogens with zero attached hydrogens (tertiary/aromatic N) is 3. The fourth-order valence-corrected chi connectivity index (χ4v) is 6.50. The number of likely N-dealkylation sites (tertiary alicyclic amines) is 1. The van der Waals surface area contributed by atoms with Gasteiger partial charge in [0.15, 0.2) is 11.5 Å². The summed E-state index contributed by atoms with van der Waals surface area (Å²) in [5.74, 6) is -0.471. The van der Waals surface area contributed by atoms with Crippen LogP contribution < -0.4 is 30.7 Å². The molecule has 3 aromatic rings. The fourth-order valence-electron chi connectivity index (χ4n) is 6.50. The molecule has 2 aromatic carbocycles. The van der Waals surface area contributed by atoms with E-state index in [1.54, 1.807) is 71.4 Å². The number of amides is 5. The number of carbonyl (C=O) groups excluding carboxylic acids is 5. The maximum absolute atomic E-state index is 13.1. The summed E-state index contributed by atoms with van der Waals surface area (Å²) in [5, 5.41) is 40.3. The topological polar surface area (TPSA) is 233 Å². The second-order valence-electron chi connectivity index (χ2n) is 15.3. The Bertz CT molecular complexity index is 1930. The molecule has 0 saturated carbocycles. The molecule has 17 heteroatoms. The van der Waals surface area contributed by atoms with Gasteiger partial charge in [0.05, 0.1) is 43.3 Å². The molecule has 0 radical (unpaired) electrons. The van der Waals surface area contributed by atoms with Gasteiger partial charge in [0.2, 0.25) is 24.1 Å². The maximum Gasteiger partial charge on any atom is 0.272 e. The first-order valence-corrected chi connectivity index (χ1v) is 20.3. The van der Waals surface area contributed by atoms with E-state index < -0.39 is 18.1 Å². The van der Waals surface area contributed by atoms with Crippen LogP contribution in [0.5, 0.6) is 11.5 Å². The third kappa shape index (κ3) is 15.1. The number of aliphatic hydroxyl groups excluding tert-OH is 3. The number of aromatic nitrogens is 1. The molecule has 2 heterocycles.